The molecule has 0 amide bonds. The van der Waals surface area contributed by atoms with Gasteiger partial charge in [0.25, 0.3) is 0 Å². The standard InChI is InChI=1S/C17H18N4S/c1-10(2)18-17-21-20-16(22-17)15-11-6-3-4-8-13(11)19-14-9-5-7-12(14)15/h3-4,6,8,10H,5,7,9H2,1-2H3,(H,18,21). The number of anilines is 1. The quantitative estimate of drug-likeness (QED) is 0.792. The lowest BCUT2D eigenvalue weighted by molar-refractivity contribution is 0.888. The third kappa shape index (κ3) is 2.25. The number of pyridine rings is 1. The average Bonchev–Trinajstić information content (AvgIpc) is 3.13. The zero-order valence-electron chi connectivity index (χ0n) is 12.8. The molecule has 2 aromatic heterocycles. The Hall–Kier alpha value is -2.01. The number of para-hydroxylation sites is 1. The van der Waals surface area contributed by atoms with Gasteiger partial charge in [-0.3, -0.25) is 4.98 Å². The van der Waals surface area contributed by atoms with Gasteiger partial charge in [-0.15, -0.1) is 10.2 Å². The molecule has 0 unspecified atom stereocenters. The van der Waals surface area contributed by atoms with Crippen LogP contribution < -0.4 is 5.32 Å². The molecule has 2 heterocycles. The molecule has 0 saturated carbocycles. The summed E-state index contributed by atoms with van der Waals surface area (Å²) in [6.45, 7) is 4.22. The second-order valence-corrected chi connectivity index (χ2v) is 6.97. The Labute approximate surface area is 133 Å². The van der Waals surface area contributed by atoms with Crippen LogP contribution >= 0.6 is 11.3 Å². The largest absolute Gasteiger partial charge is 0.358 e. The first-order valence-corrected chi connectivity index (χ1v) is 8.55. The molecule has 0 fully saturated rings. The molecule has 112 valence electrons. The third-order valence-electron chi connectivity index (χ3n) is 3.97. The number of hydrogen-bond acceptors (Lipinski definition) is 5. The average molecular weight is 310 g/mol. The van der Waals surface area contributed by atoms with Crippen LogP contribution in [0.3, 0.4) is 0 Å². The van der Waals surface area contributed by atoms with E-state index < -0.39 is 0 Å². The minimum atomic E-state index is 0.362. The van der Waals surface area contributed by atoms with Gasteiger partial charge in [-0.1, -0.05) is 29.5 Å². The molecule has 0 saturated heterocycles. The van der Waals surface area contributed by atoms with E-state index in [-0.39, 0.29) is 0 Å². The highest BCUT2D eigenvalue weighted by molar-refractivity contribution is 7.18. The molecule has 0 radical (unpaired) electrons. The van der Waals surface area contributed by atoms with Crippen molar-refractivity contribution in [1.29, 1.82) is 0 Å². The van der Waals surface area contributed by atoms with Crippen LogP contribution in [-0.2, 0) is 12.8 Å². The van der Waals surface area contributed by atoms with Crippen LogP contribution in [0, 0.1) is 0 Å². The fraction of sp³-hybridized carbons (Fsp3) is 0.353. The number of rotatable bonds is 3. The number of nitrogens with one attached hydrogen (secondary N) is 1. The first-order valence-electron chi connectivity index (χ1n) is 7.73. The summed E-state index contributed by atoms with van der Waals surface area (Å²) >= 11 is 1.63. The van der Waals surface area contributed by atoms with E-state index in [9.17, 15) is 0 Å². The predicted molar refractivity (Wildman–Crippen MR) is 91.4 cm³/mol. The summed E-state index contributed by atoms with van der Waals surface area (Å²) in [6, 6.07) is 8.72. The van der Waals surface area contributed by atoms with Crippen molar-refractivity contribution in [2.24, 2.45) is 0 Å². The third-order valence-corrected chi connectivity index (χ3v) is 4.84. The van der Waals surface area contributed by atoms with Gasteiger partial charge < -0.3 is 5.32 Å². The Bertz CT molecular complexity index is 838. The molecular formula is C17H18N4S. The second-order valence-electron chi connectivity index (χ2n) is 5.99. The van der Waals surface area contributed by atoms with Crippen molar-refractivity contribution in [3.05, 3.63) is 35.5 Å². The van der Waals surface area contributed by atoms with Gasteiger partial charge in [0.05, 0.1) is 5.52 Å². The van der Waals surface area contributed by atoms with Crippen molar-refractivity contribution in [2.75, 3.05) is 5.32 Å². The van der Waals surface area contributed by atoms with Gasteiger partial charge in [-0.25, -0.2) is 0 Å². The topological polar surface area (TPSA) is 50.7 Å². The molecule has 1 N–H and O–H groups in total. The number of hydrogen-bond donors (Lipinski definition) is 1. The van der Waals surface area contributed by atoms with Gasteiger partial charge in [0.15, 0.2) is 5.01 Å². The molecule has 0 atom stereocenters. The van der Waals surface area contributed by atoms with Gasteiger partial charge in [0.1, 0.15) is 0 Å². The van der Waals surface area contributed by atoms with E-state index in [0.29, 0.717) is 6.04 Å². The Balaban J connectivity index is 1.92. The molecule has 1 aromatic carbocycles. The van der Waals surface area contributed by atoms with Crippen molar-refractivity contribution in [3.63, 3.8) is 0 Å². The van der Waals surface area contributed by atoms with Crippen molar-refractivity contribution < 1.29 is 0 Å². The van der Waals surface area contributed by atoms with E-state index in [1.807, 2.05) is 6.07 Å². The molecule has 5 heteroatoms. The summed E-state index contributed by atoms with van der Waals surface area (Å²) in [4.78, 5) is 4.84. The van der Waals surface area contributed by atoms with Gasteiger partial charge in [-0.2, -0.15) is 0 Å². The molecule has 1 aliphatic rings. The highest BCUT2D eigenvalue weighted by atomic mass is 32.1. The lowest BCUT2D eigenvalue weighted by Gasteiger charge is -2.09. The Morgan fingerprint density at radius 2 is 2.00 bits per heavy atom. The van der Waals surface area contributed by atoms with Crippen LogP contribution in [0.2, 0.25) is 0 Å². The molecular weight excluding hydrogens is 292 g/mol. The maximum absolute atomic E-state index is 4.84. The Kier molecular flexibility index (Phi) is 3.30. The molecule has 4 nitrogen and oxygen atoms in total. The van der Waals surface area contributed by atoms with Crippen molar-refractivity contribution in [2.45, 2.75) is 39.2 Å². The SMILES string of the molecule is CC(C)Nc1nnc(-c2c3c(nc4ccccc24)CCC3)s1. The first-order chi connectivity index (χ1) is 10.7. The zero-order valence-corrected chi connectivity index (χ0v) is 13.6. The number of aryl methyl sites for hydroxylation is 1. The fourth-order valence-corrected chi connectivity index (χ4v) is 4.06. The van der Waals surface area contributed by atoms with Crippen LogP contribution in [-0.4, -0.2) is 21.2 Å². The van der Waals surface area contributed by atoms with E-state index in [2.05, 4.69) is 47.6 Å². The molecule has 0 aliphatic heterocycles. The van der Waals surface area contributed by atoms with Crippen LogP contribution in [0.4, 0.5) is 5.13 Å². The van der Waals surface area contributed by atoms with Crippen LogP contribution in [0.25, 0.3) is 21.5 Å². The molecule has 0 spiro atoms. The monoisotopic (exact) mass is 310 g/mol. The van der Waals surface area contributed by atoms with Gasteiger partial charge in [0.2, 0.25) is 5.13 Å². The van der Waals surface area contributed by atoms with E-state index >= 15 is 0 Å². The Morgan fingerprint density at radius 3 is 2.86 bits per heavy atom. The van der Waals surface area contributed by atoms with E-state index in [4.69, 9.17) is 4.98 Å². The maximum atomic E-state index is 4.84. The number of nitrogens with zero attached hydrogens (tertiary/aromatic N) is 3. The predicted octanol–water partition coefficient (Wildman–Crippen LogP) is 4.06. The summed E-state index contributed by atoms with van der Waals surface area (Å²) in [5.41, 5.74) is 4.91. The summed E-state index contributed by atoms with van der Waals surface area (Å²) in [5, 5.41) is 15.2. The minimum absolute atomic E-state index is 0.362. The molecule has 22 heavy (non-hydrogen) atoms. The number of aromatic nitrogens is 3. The van der Waals surface area contributed by atoms with Gasteiger partial charge >= 0.3 is 0 Å². The number of fused-ring (bicyclic) bond motifs is 2. The normalized spacial score (nSPS) is 13.8. The van der Waals surface area contributed by atoms with Gasteiger partial charge in [0, 0.05) is 22.7 Å². The van der Waals surface area contributed by atoms with E-state index in [1.54, 1.807) is 11.3 Å². The van der Waals surface area contributed by atoms with Crippen molar-refractivity contribution >= 4 is 27.4 Å². The van der Waals surface area contributed by atoms with E-state index in [0.717, 1.165) is 28.5 Å². The summed E-state index contributed by atoms with van der Waals surface area (Å²) in [5.74, 6) is 0. The second kappa shape index (κ2) is 5.32. The fourth-order valence-electron chi connectivity index (χ4n) is 3.08. The first kappa shape index (κ1) is 13.6. The van der Waals surface area contributed by atoms with Crippen LogP contribution in [0.15, 0.2) is 24.3 Å². The lowest BCUT2D eigenvalue weighted by atomic mass is 10.0. The van der Waals surface area contributed by atoms with Gasteiger partial charge in [-0.05, 0) is 44.7 Å². The summed E-state index contributed by atoms with van der Waals surface area (Å²) < 4.78 is 0. The highest BCUT2D eigenvalue weighted by Gasteiger charge is 2.22. The lowest BCUT2D eigenvalue weighted by Crippen LogP contribution is -2.08. The number of benzene rings is 1. The molecule has 1 aliphatic carbocycles. The molecule has 3 aromatic rings. The molecule has 4 rings (SSSR count). The summed E-state index contributed by atoms with van der Waals surface area (Å²) in [7, 11) is 0. The summed E-state index contributed by atoms with van der Waals surface area (Å²) in [6.07, 6.45) is 3.35. The Morgan fingerprint density at radius 1 is 1.14 bits per heavy atom. The smallest absolute Gasteiger partial charge is 0.206 e. The van der Waals surface area contributed by atoms with Crippen molar-refractivity contribution in [3.8, 4) is 10.6 Å². The van der Waals surface area contributed by atoms with Crippen LogP contribution in [0.5, 0.6) is 0 Å². The minimum Gasteiger partial charge on any atom is -0.358 e. The zero-order chi connectivity index (χ0) is 15.1. The molecule has 0 bridgehead atoms. The highest BCUT2D eigenvalue weighted by Crippen LogP contribution is 2.39. The van der Waals surface area contributed by atoms with Crippen LogP contribution in [0.1, 0.15) is 31.5 Å². The van der Waals surface area contributed by atoms with Crippen molar-refractivity contribution in [1.82, 2.24) is 15.2 Å². The maximum Gasteiger partial charge on any atom is 0.206 e. The van der Waals surface area contributed by atoms with E-state index in [1.165, 1.54) is 28.6 Å².